The Morgan fingerprint density at radius 1 is 1.19 bits per heavy atom. The van der Waals surface area contributed by atoms with Gasteiger partial charge in [0, 0.05) is 0 Å². The standard InChI is InChI=1S/C28H41NO2/c1-21(2)22-10-12-24-23(20-22)11-13-25-27(24,3)14-9-15-28(25,4)26(30)31-19-8-7-18-29-16-5-6-17-29/h11,20-21,24-25H,5-6,9-10,12-19H2,1-4H3/t24-,25+,27+,28+/m0/s1. The largest absolute Gasteiger partial charge is 0.452 e. The Morgan fingerprint density at radius 2 is 1.97 bits per heavy atom. The molecule has 3 aliphatic carbocycles. The molecule has 4 rings (SSSR count). The Bertz CT molecular complexity index is 807. The third-order valence-electron chi connectivity index (χ3n) is 8.95. The highest BCUT2D eigenvalue weighted by atomic mass is 16.5. The van der Waals surface area contributed by atoms with Crippen LogP contribution >= 0.6 is 0 Å². The molecule has 1 saturated carbocycles. The number of allylic oxidation sites excluding steroid dienone is 4. The molecule has 4 atom stereocenters. The summed E-state index contributed by atoms with van der Waals surface area (Å²) in [6, 6.07) is 0. The number of nitrogens with zero attached hydrogens (tertiary/aromatic N) is 1. The van der Waals surface area contributed by atoms with E-state index < -0.39 is 5.41 Å². The van der Waals surface area contributed by atoms with Crippen LogP contribution in [0, 0.1) is 40.4 Å². The molecule has 0 spiro atoms. The number of carbonyl (C=O) groups excluding carboxylic acids is 1. The zero-order valence-corrected chi connectivity index (χ0v) is 20.1. The number of ether oxygens (including phenoxy) is 1. The quantitative estimate of drug-likeness (QED) is 0.425. The van der Waals surface area contributed by atoms with Gasteiger partial charge in [-0.05, 0) is 93.7 Å². The van der Waals surface area contributed by atoms with Crippen molar-refractivity contribution in [3.05, 3.63) is 23.3 Å². The molecule has 1 aliphatic heterocycles. The molecule has 3 heteroatoms. The van der Waals surface area contributed by atoms with Crippen molar-refractivity contribution < 1.29 is 9.53 Å². The Balaban J connectivity index is 1.44. The lowest BCUT2D eigenvalue weighted by Gasteiger charge is -2.57. The minimum absolute atomic E-state index is 0.0232. The zero-order valence-electron chi connectivity index (χ0n) is 20.1. The van der Waals surface area contributed by atoms with Crippen molar-refractivity contribution in [2.75, 3.05) is 26.2 Å². The molecule has 170 valence electrons. The molecule has 3 nitrogen and oxygen atoms in total. The fraction of sp³-hybridized carbons (Fsp3) is 0.750. The Morgan fingerprint density at radius 3 is 2.71 bits per heavy atom. The fourth-order valence-corrected chi connectivity index (χ4v) is 7.01. The summed E-state index contributed by atoms with van der Waals surface area (Å²) >= 11 is 0. The molecule has 0 N–H and O–H groups in total. The maximum Gasteiger partial charge on any atom is 0.313 e. The number of hydrogen-bond donors (Lipinski definition) is 0. The summed E-state index contributed by atoms with van der Waals surface area (Å²) in [7, 11) is 0. The van der Waals surface area contributed by atoms with Crippen molar-refractivity contribution in [2.24, 2.45) is 28.6 Å². The van der Waals surface area contributed by atoms with Crippen LogP contribution in [0.15, 0.2) is 23.3 Å². The maximum atomic E-state index is 13.3. The van der Waals surface area contributed by atoms with Gasteiger partial charge in [-0.15, -0.1) is 0 Å². The van der Waals surface area contributed by atoms with Crippen LogP contribution in [0.2, 0.25) is 0 Å². The number of hydrogen-bond acceptors (Lipinski definition) is 3. The van der Waals surface area contributed by atoms with Crippen molar-refractivity contribution in [1.82, 2.24) is 4.90 Å². The summed E-state index contributed by atoms with van der Waals surface area (Å²) in [4.78, 5) is 15.7. The minimum atomic E-state index is -0.395. The summed E-state index contributed by atoms with van der Waals surface area (Å²) in [5.74, 6) is 7.84. The van der Waals surface area contributed by atoms with Crippen LogP contribution in [0.5, 0.6) is 0 Å². The molecule has 0 unspecified atom stereocenters. The van der Waals surface area contributed by atoms with E-state index in [2.05, 4.69) is 56.6 Å². The van der Waals surface area contributed by atoms with Gasteiger partial charge in [0.2, 0.25) is 0 Å². The SMILES string of the molecule is CC(C)C1=CC2=CC[C@@H]3[C@](C)(CCC[C@@]3(C)C(=O)OCC#CCN3CCCC3)[C@H]2CC1. The van der Waals surface area contributed by atoms with Crippen LogP contribution in [0.4, 0.5) is 0 Å². The first kappa shape index (κ1) is 22.7. The van der Waals surface area contributed by atoms with Gasteiger partial charge in [0.15, 0.2) is 6.61 Å². The van der Waals surface area contributed by atoms with Crippen LogP contribution in [-0.4, -0.2) is 37.1 Å². The Labute approximate surface area is 189 Å². The molecule has 0 radical (unpaired) electrons. The first-order chi connectivity index (χ1) is 14.8. The average Bonchev–Trinajstić information content (AvgIpc) is 3.26. The average molecular weight is 424 g/mol. The second-order valence-corrected chi connectivity index (χ2v) is 11.1. The van der Waals surface area contributed by atoms with E-state index in [-0.39, 0.29) is 18.0 Å². The highest BCUT2D eigenvalue weighted by Gasteiger charge is 2.57. The van der Waals surface area contributed by atoms with Gasteiger partial charge < -0.3 is 4.74 Å². The number of carbonyl (C=O) groups is 1. The first-order valence-electron chi connectivity index (χ1n) is 12.6. The summed E-state index contributed by atoms with van der Waals surface area (Å²) in [5, 5.41) is 0. The van der Waals surface area contributed by atoms with Crippen molar-refractivity contribution in [3.63, 3.8) is 0 Å². The summed E-state index contributed by atoms with van der Waals surface area (Å²) in [6.07, 6.45) is 14.2. The van der Waals surface area contributed by atoms with Crippen LogP contribution in [0.1, 0.15) is 79.1 Å². The lowest BCUT2D eigenvalue weighted by molar-refractivity contribution is -0.167. The third-order valence-corrected chi connectivity index (χ3v) is 8.95. The van der Waals surface area contributed by atoms with Crippen molar-refractivity contribution in [1.29, 1.82) is 0 Å². The number of esters is 1. The Kier molecular flexibility index (Phi) is 6.68. The van der Waals surface area contributed by atoms with Crippen molar-refractivity contribution >= 4 is 5.97 Å². The summed E-state index contributed by atoms with van der Waals surface area (Å²) in [5.41, 5.74) is 2.93. The molecule has 31 heavy (non-hydrogen) atoms. The smallest absolute Gasteiger partial charge is 0.313 e. The first-order valence-corrected chi connectivity index (χ1v) is 12.6. The van der Waals surface area contributed by atoms with Gasteiger partial charge in [0.25, 0.3) is 0 Å². The van der Waals surface area contributed by atoms with Gasteiger partial charge in [0.1, 0.15) is 0 Å². The highest BCUT2D eigenvalue weighted by molar-refractivity contribution is 5.77. The monoisotopic (exact) mass is 423 g/mol. The molecule has 0 aromatic heterocycles. The number of rotatable bonds is 4. The van der Waals surface area contributed by atoms with E-state index in [1.165, 1.54) is 32.1 Å². The normalized spacial score (nSPS) is 35.4. The van der Waals surface area contributed by atoms with Crippen molar-refractivity contribution in [2.45, 2.75) is 79.1 Å². The van der Waals surface area contributed by atoms with Gasteiger partial charge in [-0.25, -0.2) is 0 Å². The summed E-state index contributed by atoms with van der Waals surface area (Å²) < 4.78 is 5.76. The third kappa shape index (κ3) is 4.38. The second kappa shape index (κ2) is 9.14. The topological polar surface area (TPSA) is 29.5 Å². The second-order valence-electron chi connectivity index (χ2n) is 11.1. The Hall–Kier alpha value is -1.53. The van der Waals surface area contributed by atoms with Crippen molar-refractivity contribution in [3.8, 4) is 11.8 Å². The van der Waals surface area contributed by atoms with E-state index in [4.69, 9.17) is 4.74 Å². The predicted octanol–water partition coefficient (Wildman–Crippen LogP) is 5.76. The molecule has 1 saturated heterocycles. The lowest BCUT2D eigenvalue weighted by atomic mass is 9.47. The van der Waals surface area contributed by atoms with E-state index in [1.807, 2.05) is 0 Å². The van der Waals surface area contributed by atoms with Crippen LogP contribution in [0.3, 0.4) is 0 Å². The van der Waals surface area contributed by atoms with Crippen LogP contribution in [0.25, 0.3) is 0 Å². The molecule has 0 bridgehead atoms. The molecule has 0 aromatic carbocycles. The van der Waals surface area contributed by atoms with E-state index >= 15 is 0 Å². The fourth-order valence-electron chi connectivity index (χ4n) is 7.01. The molecule has 2 fully saturated rings. The van der Waals surface area contributed by atoms with E-state index in [0.29, 0.717) is 17.8 Å². The molecule has 4 aliphatic rings. The molecular formula is C28H41NO2. The van der Waals surface area contributed by atoms with E-state index in [1.54, 1.807) is 11.1 Å². The lowest BCUT2D eigenvalue weighted by Crippen LogP contribution is -2.53. The van der Waals surface area contributed by atoms with E-state index in [9.17, 15) is 4.79 Å². The van der Waals surface area contributed by atoms with Gasteiger partial charge in [0.05, 0.1) is 12.0 Å². The number of likely N-dealkylation sites (tertiary alicyclic amines) is 1. The van der Waals surface area contributed by atoms with Gasteiger partial charge in [-0.2, -0.15) is 0 Å². The van der Waals surface area contributed by atoms with Crippen LogP contribution in [-0.2, 0) is 9.53 Å². The highest BCUT2D eigenvalue weighted by Crippen LogP contribution is 2.62. The van der Waals surface area contributed by atoms with Gasteiger partial charge in [-0.1, -0.05) is 56.8 Å². The molecule has 1 heterocycles. The van der Waals surface area contributed by atoms with Crippen LogP contribution < -0.4 is 0 Å². The van der Waals surface area contributed by atoms with E-state index in [0.717, 1.165) is 38.9 Å². The molecule has 0 aromatic rings. The maximum absolute atomic E-state index is 13.3. The molecule has 0 amide bonds. The molecular weight excluding hydrogens is 382 g/mol. The van der Waals surface area contributed by atoms with Gasteiger partial charge >= 0.3 is 5.97 Å². The zero-order chi connectivity index (χ0) is 22.1. The number of fused-ring (bicyclic) bond motifs is 3. The predicted molar refractivity (Wildman–Crippen MR) is 126 cm³/mol. The minimum Gasteiger partial charge on any atom is -0.452 e. The summed E-state index contributed by atoms with van der Waals surface area (Å²) in [6.45, 7) is 12.6. The van der Waals surface area contributed by atoms with Gasteiger partial charge in [-0.3, -0.25) is 9.69 Å².